The fourth-order valence-corrected chi connectivity index (χ4v) is 3.34. The number of halogens is 1. The number of amides is 1. The molecule has 1 amide bonds. The molecular formula is C17H19BrN2O. The van der Waals surface area contributed by atoms with E-state index in [1.807, 2.05) is 24.3 Å². The van der Waals surface area contributed by atoms with Crippen molar-refractivity contribution >= 4 is 38.3 Å². The Balaban J connectivity index is 1.84. The Labute approximate surface area is 133 Å². The summed E-state index contributed by atoms with van der Waals surface area (Å²) < 4.78 is 1.06. The fraction of sp³-hybridized carbons (Fsp3) is 0.353. The molecule has 0 aromatic heterocycles. The van der Waals surface area contributed by atoms with Gasteiger partial charge in [-0.1, -0.05) is 35.0 Å². The summed E-state index contributed by atoms with van der Waals surface area (Å²) in [6.07, 6.45) is 1.78. The van der Waals surface area contributed by atoms with E-state index >= 15 is 0 Å². The highest BCUT2D eigenvalue weighted by atomic mass is 79.9. The van der Waals surface area contributed by atoms with Crippen LogP contribution in [0.1, 0.15) is 19.8 Å². The van der Waals surface area contributed by atoms with Crippen molar-refractivity contribution in [2.75, 3.05) is 18.4 Å². The zero-order valence-corrected chi connectivity index (χ0v) is 13.7. The van der Waals surface area contributed by atoms with E-state index in [1.165, 1.54) is 0 Å². The van der Waals surface area contributed by atoms with Crippen LogP contribution in [0.25, 0.3) is 10.8 Å². The van der Waals surface area contributed by atoms with Gasteiger partial charge in [0.2, 0.25) is 5.91 Å². The van der Waals surface area contributed by atoms with Gasteiger partial charge in [-0.2, -0.15) is 0 Å². The Hall–Kier alpha value is -1.39. The van der Waals surface area contributed by atoms with Crippen molar-refractivity contribution in [2.24, 2.45) is 5.41 Å². The van der Waals surface area contributed by atoms with Gasteiger partial charge in [0.1, 0.15) is 0 Å². The predicted molar refractivity (Wildman–Crippen MR) is 90.5 cm³/mol. The average Bonchev–Trinajstić information content (AvgIpc) is 2.97. The molecule has 0 aliphatic carbocycles. The average molecular weight is 347 g/mol. The molecule has 2 aromatic rings. The van der Waals surface area contributed by atoms with Gasteiger partial charge < -0.3 is 10.6 Å². The van der Waals surface area contributed by atoms with E-state index in [4.69, 9.17) is 0 Å². The van der Waals surface area contributed by atoms with E-state index in [0.717, 1.165) is 46.9 Å². The normalized spacial score (nSPS) is 21.6. The standard InChI is InChI=1S/C17H19BrN2O/c1-2-17(7-8-19-11-17)16(21)20-15-6-4-12-9-14(18)5-3-13(12)10-15/h3-6,9-10,19H,2,7-8,11H2,1H3,(H,20,21). The highest BCUT2D eigenvalue weighted by Crippen LogP contribution is 2.31. The maximum Gasteiger partial charge on any atom is 0.231 e. The number of rotatable bonds is 3. The highest BCUT2D eigenvalue weighted by molar-refractivity contribution is 9.10. The smallest absolute Gasteiger partial charge is 0.231 e. The van der Waals surface area contributed by atoms with Crippen molar-refractivity contribution in [1.29, 1.82) is 0 Å². The summed E-state index contributed by atoms with van der Waals surface area (Å²) >= 11 is 3.48. The van der Waals surface area contributed by atoms with Gasteiger partial charge in [-0.05, 0) is 54.4 Å². The Morgan fingerprint density at radius 1 is 1.29 bits per heavy atom. The summed E-state index contributed by atoms with van der Waals surface area (Å²) in [6.45, 7) is 3.79. The SMILES string of the molecule is CCC1(C(=O)Nc2ccc3cc(Br)ccc3c2)CCNC1. The summed E-state index contributed by atoms with van der Waals surface area (Å²) in [5.74, 6) is 0.131. The number of nitrogens with one attached hydrogen (secondary N) is 2. The number of fused-ring (bicyclic) bond motifs is 1. The molecule has 4 heteroatoms. The lowest BCUT2D eigenvalue weighted by atomic mass is 9.83. The number of hydrogen-bond acceptors (Lipinski definition) is 2. The number of carbonyl (C=O) groups is 1. The molecular weight excluding hydrogens is 328 g/mol. The van der Waals surface area contributed by atoms with Gasteiger partial charge in [0, 0.05) is 16.7 Å². The van der Waals surface area contributed by atoms with Gasteiger partial charge in [0.25, 0.3) is 0 Å². The Morgan fingerprint density at radius 2 is 2.05 bits per heavy atom. The first-order valence-corrected chi connectivity index (χ1v) is 8.14. The molecule has 2 N–H and O–H groups in total. The molecule has 0 spiro atoms. The summed E-state index contributed by atoms with van der Waals surface area (Å²) in [6, 6.07) is 12.2. The molecule has 0 radical (unpaired) electrons. The first kappa shape index (κ1) is 14.5. The monoisotopic (exact) mass is 346 g/mol. The summed E-state index contributed by atoms with van der Waals surface area (Å²) in [5, 5.41) is 8.69. The maximum atomic E-state index is 12.6. The molecule has 3 nitrogen and oxygen atoms in total. The third-order valence-corrected chi connectivity index (χ3v) is 4.96. The summed E-state index contributed by atoms with van der Waals surface area (Å²) in [7, 11) is 0. The minimum Gasteiger partial charge on any atom is -0.326 e. The highest BCUT2D eigenvalue weighted by Gasteiger charge is 2.39. The van der Waals surface area contributed by atoms with Crippen LogP contribution in [0, 0.1) is 5.41 Å². The van der Waals surface area contributed by atoms with Crippen molar-refractivity contribution in [2.45, 2.75) is 19.8 Å². The van der Waals surface area contributed by atoms with Gasteiger partial charge in [0.15, 0.2) is 0 Å². The molecule has 1 heterocycles. The molecule has 21 heavy (non-hydrogen) atoms. The minimum atomic E-state index is -0.255. The van der Waals surface area contributed by atoms with Gasteiger partial charge in [0.05, 0.1) is 5.41 Å². The van der Waals surface area contributed by atoms with E-state index in [9.17, 15) is 4.79 Å². The number of hydrogen-bond donors (Lipinski definition) is 2. The van der Waals surface area contributed by atoms with Crippen LogP contribution in [0.5, 0.6) is 0 Å². The van der Waals surface area contributed by atoms with Gasteiger partial charge >= 0.3 is 0 Å². The van der Waals surface area contributed by atoms with Crippen LogP contribution in [0.2, 0.25) is 0 Å². The third kappa shape index (κ3) is 2.83. The van der Waals surface area contributed by atoms with Crippen LogP contribution < -0.4 is 10.6 Å². The largest absolute Gasteiger partial charge is 0.326 e. The molecule has 1 aliphatic rings. The lowest BCUT2D eigenvalue weighted by molar-refractivity contribution is -0.124. The van der Waals surface area contributed by atoms with E-state index < -0.39 is 0 Å². The fourth-order valence-electron chi connectivity index (χ4n) is 2.96. The quantitative estimate of drug-likeness (QED) is 0.883. The molecule has 0 saturated carbocycles. The van der Waals surface area contributed by atoms with Crippen LogP contribution in [-0.2, 0) is 4.79 Å². The summed E-state index contributed by atoms with van der Waals surface area (Å²) in [4.78, 5) is 12.6. The van der Waals surface area contributed by atoms with E-state index in [2.05, 4.69) is 45.6 Å². The lowest BCUT2D eigenvalue weighted by Crippen LogP contribution is -2.37. The molecule has 1 unspecified atom stereocenters. The second-order valence-electron chi connectivity index (χ2n) is 5.72. The van der Waals surface area contributed by atoms with Gasteiger partial charge in [-0.25, -0.2) is 0 Å². The zero-order valence-electron chi connectivity index (χ0n) is 12.1. The van der Waals surface area contributed by atoms with Crippen molar-refractivity contribution in [3.05, 3.63) is 40.9 Å². The first-order valence-electron chi connectivity index (χ1n) is 7.34. The lowest BCUT2D eigenvalue weighted by Gasteiger charge is -2.25. The minimum absolute atomic E-state index is 0.131. The van der Waals surface area contributed by atoms with Crippen LogP contribution in [-0.4, -0.2) is 19.0 Å². The van der Waals surface area contributed by atoms with Crippen LogP contribution in [0.15, 0.2) is 40.9 Å². The van der Waals surface area contributed by atoms with E-state index in [1.54, 1.807) is 0 Å². The van der Waals surface area contributed by atoms with E-state index in [-0.39, 0.29) is 11.3 Å². The molecule has 0 bridgehead atoms. The number of carbonyl (C=O) groups excluding carboxylic acids is 1. The molecule has 1 fully saturated rings. The predicted octanol–water partition coefficient (Wildman–Crippen LogP) is 3.93. The van der Waals surface area contributed by atoms with Gasteiger partial charge in [-0.3, -0.25) is 4.79 Å². The molecule has 1 saturated heterocycles. The number of anilines is 1. The van der Waals surface area contributed by atoms with E-state index in [0.29, 0.717) is 0 Å². The Bertz CT molecular complexity index is 678. The van der Waals surface area contributed by atoms with Crippen LogP contribution >= 0.6 is 15.9 Å². The number of benzene rings is 2. The van der Waals surface area contributed by atoms with Crippen molar-refractivity contribution < 1.29 is 4.79 Å². The first-order chi connectivity index (χ1) is 10.1. The Morgan fingerprint density at radius 3 is 2.76 bits per heavy atom. The second kappa shape index (κ2) is 5.78. The molecule has 3 rings (SSSR count). The van der Waals surface area contributed by atoms with Crippen molar-refractivity contribution in [3.8, 4) is 0 Å². The van der Waals surface area contributed by atoms with Crippen LogP contribution in [0.4, 0.5) is 5.69 Å². The van der Waals surface area contributed by atoms with Crippen LogP contribution in [0.3, 0.4) is 0 Å². The Kier molecular flexibility index (Phi) is 4.00. The second-order valence-corrected chi connectivity index (χ2v) is 6.64. The van der Waals surface area contributed by atoms with Crippen molar-refractivity contribution in [1.82, 2.24) is 5.32 Å². The molecule has 1 atom stereocenters. The maximum absolute atomic E-state index is 12.6. The summed E-state index contributed by atoms with van der Waals surface area (Å²) in [5.41, 5.74) is 0.615. The third-order valence-electron chi connectivity index (χ3n) is 4.46. The van der Waals surface area contributed by atoms with Crippen molar-refractivity contribution in [3.63, 3.8) is 0 Å². The molecule has 2 aromatic carbocycles. The molecule has 1 aliphatic heterocycles. The topological polar surface area (TPSA) is 41.1 Å². The zero-order chi connectivity index (χ0) is 14.9. The van der Waals surface area contributed by atoms with Gasteiger partial charge in [-0.15, -0.1) is 0 Å². The molecule has 110 valence electrons.